The number of unbranched alkanes of at least 4 members (excludes halogenated alkanes) is 4. The summed E-state index contributed by atoms with van der Waals surface area (Å²) >= 11 is 0. The van der Waals surface area contributed by atoms with E-state index in [1.54, 1.807) is 24.3 Å². The Morgan fingerprint density at radius 2 is 1.47 bits per heavy atom. The molecular formula is C48H61N2O5S2+. The second-order valence-electron chi connectivity index (χ2n) is 17.1. The number of aryl methyl sites for hydroxylation is 2. The number of rotatable bonds is 15. The Balaban J connectivity index is 1.47. The molecule has 0 spiro atoms. The summed E-state index contributed by atoms with van der Waals surface area (Å²) < 4.78 is 64.5. The highest BCUT2D eigenvalue weighted by Gasteiger charge is 2.44. The molecule has 2 aliphatic heterocycles. The molecule has 0 saturated carbocycles. The topological polar surface area (TPSA) is 94.8 Å². The quantitative estimate of drug-likeness (QED) is 0.0933. The molecule has 2 heterocycles. The van der Waals surface area contributed by atoms with E-state index in [0.717, 1.165) is 47.5 Å². The first-order valence-corrected chi connectivity index (χ1v) is 23.8. The summed E-state index contributed by atoms with van der Waals surface area (Å²) in [6, 6.07) is 21.9. The van der Waals surface area contributed by atoms with Crippen LogP contribution >= 0.6 is 0 Å². The first kappa shape index (κ1) is 42.6. The van der Waals surface area contributed by atoms with E-state index < -0.39 is 20.0 Å². The molecule has 3 aromatic carbocycles. The lowest BCUT2D eigenvalue weighted by molar-refractivity contribution is -0.438. The van der Waals surface area contributed by atoms with Gasteiger partial charge in [0.25, 0.3) is 10.1 Å². The fraction of sp³-hybridized carbons (Fsp3) is 0.438. The molecule has 1 N–H and O–H groups in total. The fourth-order valence-electron chi connectivity index (χ4n) is 8.95. The molecular weight excluding hydrogens is 749 g/mol. The van der Waals surface area contributed by atoms with Gasteiger partial charge in [0.1, 0.15) is 6.54 Å². The zero-order valence-electron chi connectivity index (χ0n) is 34.9. The molecule has 6 rings (SSSR count). The van der Waals surface area contributed by atoms with Gasteiger partial charge in [-0.05, 0) is 113 Å². The number of sulfone groups is 1. The van der Waals surface area contributed by atoms with Crippen molar-refractivity contribution < 1.29 is 26.0 Å². The van der Waals surface area contributed by atoms with E-state index in [1.165, 1.54) is 47.4 Å². The summed E-state index contributed by atoms with van der Waals surface area (Å²) in [6.07, 6.45) is 16.0. The minimum Gasteiger partial charge on any atom is -0.344 e. The van der Waals surface area contributed by atoms with Crippen molar-refractivity contribution in [3.63, 3.8) is 0 Å². The molecule has 0 radical (unpaired) electrons. The molecule has 0 aromatic heterocycles. The predicted molar refractivity (Wildman–Crippen MR) is 235 cm³/mol. The highest BCUT2D eigenvalue weighted by atomic mass is 32.2. The maximum atomic E-state index is 14.8. The summed E-state index contributed by atoms with van der Waals surface area (Å²) in [7, 11) is -7.95. The third kappa shape index (κ3) is 9.01. The van der Waals surface area contributed by atoms with Crippen LogP contribution in [-0.2, 0) is 30.8 Å². The maximum Gasteiger partial charge on any atom is 0.264 e. The van der Waals surface area contributed by atoms with Crippen molar-refractivity contribution in [1.29, 1.82) is 0 Å². The summed E-state index contributed by atoms with van der Waals surface area (Å²) in [4.78, 5) is 2.91. The normalized spacial score (nSPS) is 19.3. The molecule has 0 fully saturated rings. The molecule has 0 saturated heterocycles. The Morgan fingerprint density at radius 1 is 0.772 bits per heavy atom. The molecule has 0 atom stereocenters. The Labute approximate surface area is 342 Å². The fourth-order valence-corrected chi connectivity index (χ4v) is 11.3. The average Bonchev–Trinajstić information content (AvgIpc) is 3.50. The van der Waals surface area contributed by atoms with Crippen molar-refractivity contribution in [3.8, 4) is 0 Å². The van der Waals surface area contributed by atoms with Gasteiger partial charge in [0.15, 0.2) is 5.71 Å². The molecule has 0 amide bonds. The number of nitrogens with zero attached hydrogens (tertiary/aromatic N) is 2. The minimum absolute atomic E-state index is 0.258. The van der Waals surface area contributed by atoms with Crippen LogP contribution in [0.15, 0.2) is 118 Å². The number of fused-ring (bicyclic) bond motifs is 2. The van der Waals surface area contributed by atoms with E-state index in [4.69, 9.17) is 0 Å². The lowest BCUT2D eigenvalue weighted by atomic mass is 9.80. The zero-order valence-corrected chi connectivity index (χ0v) is 36.6. The van der Waals surface area contributed by atoms with E-state index in [0.29, 0.717) is 37.1 Å². The number of benzene rings is 3. The average molecular weight is 810 g/mol. The van der Waals surface area contributed by atoms with Gasteiger partial charge < -0.3 is 4.90 Å². The van der Waals surface area contributed by atoms with Crippen LogP contribution in [0.25, 0.3) is 0 Å². The summed E-state index contributed by atoms with van der Waals surface area (Å²) in [5.74, 6) is -0.283. The standard InChI is InChI=1S/C48H60N2O5S2/c1-8-9-10-14-30-49-42-26-22-35(2)33-40(42)47(4,5)44(49)28-24-37-18-17-19-38(46(37)57(54,55)39-20-12-11-13-21-39)25-29-45-48(6,7)41-34-36(3)23-27-43(41)50(45)31-15-16-32-56(51,52)53/h11-13,20-29,33-34H,8-10,14-19,30-32H2,1-7H3/p+1. The largest absolute Gasteiger partial charge is 0.344 e. The zero-order chi connectivity index (χ0) is 41.2. The molecule has 3 aliphatic rings. The smallest absolute Gasteiger partial charge is 0.264 e. The van der Waals surface area contributed by atoms with Crippen molar-refractivity contribution in [2.45, 2.75) is 122 Å². The van der Waals surface area contributed by atoms with Crippen molar-refractivity contribution in [2.24, 2.45) is 0 Å². The van der Waals surface area contributed by atoms with Crippen molar-refractivity contribution >= 4 is 37.0 Å². The summed E-state index contributed by atoms with van der Waals surface area (Å²) in [5.41, 5.74) is 10.3. The van der Waals surface area contributed by atoms with Gasteiger partial charge in [0.05, 0.1) is 21.0 Å². The first-order chi connectivity index (χ1) is 27.0. The monoisotopic (exact) mass is 809 g/mol. The van der Waals surface area contributed by atoms with Gasteiger partial charge >= 0.3 is 0 Å². The molecule has 304 valence electrons. The number of hydrogen-bond acceptors (Lipinski definition) is 5. The lowest BCUT2D eigenvalue weighted by Gasteiger charge is -2.27. The molecule has 0 unspecified atom stereocenters. The van der Waals surface area contributed by atoms with E-state index >= 15 is 0 Å². The molecule has 3 aromatic rings. The number of anilines is 1. The van der Waals surface area contributed by atoms with Crippen molar-refractivity contribution in [2.75, 3.05) is 23.7 Å². The molecule has 7 nitrogen and oxygen atoms in total. The third-order valence-electron chi connectivity index (χ3n) is 12.0. The number of hydrogen-bond donors (Lipinski definition) is 1. The first-order valence-electron chi connectivity index (χ1n) is 20.7. The van der Waals surface area contributed by atoms with Gasteiger partial charge in [-0.2, -0.15) is 13.0 Å². The van der Waals surface area contributed by atoms with Crippen LogP contribution in [0.1, 0.15) is 115 Å². The number of allylic oxidation sites excluding steroid dienone is 7. The van der Waals surface area contributed by atoms with Crippen LogP contribution in [0.2, 0.25) is 0 Å². The Bertz CT molecular complexity index is 2380. The van der Waals surface area contributed by atoms with Gasteiger partial charge in [-0.3, -0.25) is 4.55 Å². The Kier molecular flexibility index (Phi) is 12.7. The summed E-state index contributed by atoms with van der Waals surface area (Å²) in [6.45, 7) is 16.9. The SMILES string of the molecule is CCCCCC[N+]1=C(C=CC2=C(S(=O)(=O)c3ccccc3)C(=CC=C3N(CCCCS(=O)(=O)O)c4ccc(C)cc4C3(C)C)CCC2)C(C)(C)c2cc(C)ccc21. The van der Waals surface area contributed by atoms with Crippen molar-refractivity contribution in [1.82, 2.24) is 0 Å². The van der Waals surface area contributed by atoms with Crippen LogP contribution in [0.3, 0.4) is 0 Å². The second kappa shape index (κ2) is 17.0. The maximum absolute atomic E-state index is 14.8. The molecule has 9 heteroatoms. The molecule has 1 aliphatic carbocycles. The predicted octanol–water partition coefficient (Wildman–Crippen LogP) is 11.0. The highest BCUT2D eigenvalue weighted by Crippen LogP contribution is 2.49. The lowest BCUT2D eigenvalue weighted by Crippen LogP contribution is -2.28. The Hall–Kier alpha value is -4.05. The van der Waals surface area contributed by atoms with Gasteiger partial charge in [-0.1, -0.05) is 93.3 Å². The van der Waals surface area contributed by atoms with Gasteiger partial charge in [0, 0.05) is 47.5 Å². The summed E-state index contributed by atoms with van der Waals surface area (Å²) in [5, 5.41) is 0. The van der Waals surface area contributed by atoms with Crippen LogP contribution < -0.4 is 4.90 Å². The molecule has 57 heavy (non-hydrogen) atoms. The van der Waals surface area contributed by atoms with Crippen molar-refractivity contribution in [3.05, 3.63) is 135 Å². The van der Waals surface area contributed by atoms with Gasteiger partial charge in [0.2, 0.25) is 15.5 Å². The van der Waals surface area contributed by atoms with Crippen LogP contribution in [0.5, 0.6) is 0 Å². The van der Waals surface area contributed by atoms with Crippen LogP contribution in [0, 0.1) is 13.8 Å². The van der Waals surface area contributed by atoms with E-state index in [1.807, 2.05) is 12.1 Å². The molecule has 0 bridgehead atoms. The highest BCUT2D eigenvalue weighted by molar-refractivity contribution is 7.95. The van der Waals surface area contributed by atoms with Gasteiger partial charge in [-0.25, -0.2) is 8.42 Å². The van der Waals surface area contributed by atoms with E-state index in [9.17, 15) is 21.4 Å². The second-order valence-corrected chi connectivity index (χ2v) is 20.6. The van der Waals surface area contributed by atoms with E-state index in [-0.39, 0.29) is 21.5 Å². The van der Waals surface area contributed by atoms with E-state index in [2.05, 4.69) is 113 Å². The van der Waals surface area contributed by atoms with Crippen LogP contribution in [0.4, 0.5) is 11.4 Å². The Morgan fingerprint density at radius 3 is 2.18 bits per heavy atom. The van der Waals surface area contributed by atoms with Crippen LogP contribution in [-0.4, -0.2) is 50.5 Å². The third-order valence-corrected chi connectivity index (χ3v) is 14.8. The minimum atomic E-state index is -4.05. The van der Waals surface area contributed by atoms with Gasteiger partial charge in [-0.15, -0.1) is 0 Å².